The number of terminal acetylenes is 1. The first-order chi connectivity index (χ1) is 10.2. The zero-order chi connectivity index (χ0) is 15.8. The fourth-order valence-electron chi connectivity index (χ4n) is 1.93. The smallest absolute Gasteiger partial charge is 0.364 e. The lowest BCUT2D eigenvalue weighted by molar-refractivity contribution is 0.0702. The van der Waals surface area contributed by atoms with Crippen molar-refractivity contribution in [3.05, 3.63) is 0 Å². The first-order valence-corrected chi connectivity index (χ1v) is 10.4. The molecule has 0 aliphatic carbocycles. The maximum Gasteiger partial charge on any atom is 0.591 e. The summed E-state index contributed by atoms with van der Waals surface area (Å²) in [7, 11) is -2.89. The summed E-state index contributed by atoms with van der Waals surface area (Å²) in [6.07, 6.45) is 15.7. The molecule has 3 nitrogen and oxygen atoms in total. The van der Waals surface area contributed by atoms with Gasteiger partial charge in [0, 0.05) is 19.8 Å². The normalized spacial score (nSPS) is 11.5. The highest BCUT2D eigenvalue weighted by Crippen LogP contribution is 2.13. The minimum absolute atomic E-state index is 0.645. The summed E-state index contributed by atoms with van der Waals surface area (Å²) in [6, 6.07) is 0. The Labute approximate surface area is 133 Å². The Bertz CT molecular complexity index is 232. The van der Waals surface area contributed by atoms with Crippen LogP contribution in [0.2, 0.25) is 0 Å². The highest BCUT2D eigenvalue weighted by Gasteiger charge is 2.39. The van der Waals surface area contributed by atoms with Gasteiger partial charge in [-0.2, -0.15) is 0 Å². The molecule has 21 heavy (non-hydrogen) atoms. The molecule has 0 saturated heterocycles. The van der Waals surface area contributed by atoms with Crippen LogP contribution in [0.4, 0.5) is 0 Å². The van der Waals surface area contributed by atoms with E-state index in [2.05, 4.69) is 26.3 Å². The van der Waals surface area contributed by atoms with Gasteiger partial charge in [-0.1, -0.05) is 59.3 Å². The molecular formula is C17H34O3Si. The van der Waals surface area contributed by atoms with E-state index < -0.39 is 8.80 Å². The second-order valence-electron chi connectivity index (χ2n) is 5.37. The minimum atomic E-state index is -2.89. The first kappa shape index (κ1) is 20.7. The van der Waals surface area contributed by atoms with Gasteiger partial charge in [-0.15, -0.1) is 6.42 Å². The predicted molar refractivity (Wildman–Crippen MR) is 91.0 cm³/mol. The van der Waals surface area contributed by atoms with Crippen molar-refractivity contribution in [2.45, 2.75) is 78.6 Å². The van der Waals surface area contributed by atoms with E-state index in [4.69, 9.17) is 19.7 Å². The fourth-order valence-corrected chi connectivity index (χ4v) is 3.66. The summed E-state index contributed by atoms with van der Waals surface area (Å²) in [4.78, 5) is 0. The SMILES string of the molecule is C#C[Si](OCCCCC)(OCCCCC)OCCCCC. The monoisotopic (exact) mass is 314 g/mol. The van der Waals surface area contributed by atoms with Gasteiger partial charge >= 0.3 is 8.80 Å². The van der Waals surface area contributed by atoms with Crippen LogP contribution in [0, 0.1) is 12.0 Å². The van der Waals surface area contributed by atoms with Crippen molar-refractivity contribution >= 4 is 8.80 Å². The summed E-state index contributed by atoms with van der Waals surface area (Å²) in [6.45, 7) is 8.46. The molecule has 124 valence electrons. The predicted octanol–water partition coefficient (Wildman–Crippen LogP) is 4.72. The maximum absolute atomic E-state index is 5.90. The highest BCUT2D eigenvalue weighted by atomic mass is 28.4. The van der Waals surface area contributed by atoms with Crippen LogP contribution in [-0.2, 0) is 13.3 Å². The Hall–Kier alpha value is -0.343. The van der Waals surface area contributed by atoms with Crippen LogP contribution in [-0.4, -0.2) is 28.6 Å². The van der Waals surface area contributed by atoms with Gasteiger partial charge in [0.15, 0.2) is 0 Å². The van der Waals surface area contributed by atoms with Gasteiger partial charge in [0.05, 0.1) is 0 Å². The van der Waals surface area contributed by atoms with E-state index in [0.717, 1.165) is 38.5 Å². The topological polar surface area (TPSA) is 27.7 Å². The second kappa shape index (κ2) is 14.6. The largest absolute Gasteiger partial charge is 0.591 e. The molecule has 0 aliphatic heterocycles. The van der Waals surface area contributed by atoms with Crippen LogP contribution in [0.1, 0.15) is 78.6 Å². The van der Waals surface area contributed by atoms with E-state index in [1.54, 1.807) is 0 Å². The number of unbranched alkanes of at least 4 members (excludes halogenated alkanes) is 6. The molecule has 0 aromatic heterocycles. The summed E-state index contributed by atoms with van der Waals surface area (Å²) in [5.41, 5.74) is 2.72. The molecule has 0 spiro atoms. The molecular weight excluding hydrogens is 280 g/mol. The average molecular weight is 315 g/mol. The number of rotatable bonds is 15. The summed E-state index contributed by atoms with van der Waals surface area (Å²) < 4.78 is 17.7. The third-order valence-corrected chi connectivity index (χ3v) is 5.40. The zero-order valence-electron chi connectivity index (χ0n) is 14.3. The van der Waals surface area contributed by atoms with Gasteiger partial charge in [0.1, 0.15) is 0 Å². The molecule has 0 fully saturated rings. The molecule has 0 N–H and O–H groups in total. The van der Waals surface area contributed by atoms with Crippen molar-refractivity contribution in [3.63, 3.8) is 0 Å². The third kappa shape index (κ3) is 11.0. The average Bonchev–Trinajstić information content (AvgIpc) is 2.51. The van der Waals surface area contributed by atoms with Crippen LogP contribution < -0.4 is 0 Å². The second-order valence-corrected chi connectivity index (χ2v) is 7.63. The molecule has 0 saturated carbocycles. The lowest BCUT2D eigenvalue weighted by Gasteiger charge is -2.24. The number of hydrogen-bond donors (Lipinski definition) is 0. The molecule has 0 rings (SSSR count). The highest BCUT2D eigenvalue weighted by molar-refractivity contribution is 6.69. The fraction of sp³-hybridized carbons (Fsp3) is 0.882. The van der Waals surface area contributed by atoms with E-state index in [1.165, 1.54) is 19.3 Å². The van der Waals surface area contributed by atoms with E-state index >= 15 is 0 Å². The van der Waals surface area contributed by atoms with Crippen LogP contribution >= 0.6 is 0 Å². The molecule has 0 heterocycles. The Morgan fingerprint density at radius 3 is 1.24 bits per heavy atom. The van der Waals surface area contributed by atoms with Crippen molar-refractivity contribution in [3.8, 4) is 12.0 Å². The summed E-state index contributed by atoms with van der Waals surface area (Å²) in [5, 5.41) is 0. The molecule has 0 atom stereocenters. The molecule has 0 aliphatic rings. The van der Waals surface area contributed by atoms with Gasteiger partial charge in [0.25, 0.3) is 0 Å². The molecule has 0 radical (unpaired) electrons. The van der Waals surface area contributed by atoms with Gasteiger partial charge in [-0.3, -0.25) is 0 Å². The standard InChI is InChI=1S/C17H34O3Si/c1-5-9-12-15-18-21(8-4,19-16-13-10-6-2)20-17-14-11-7-3/h4H,5-7,9-17H2,1-3H3. The van der Waals surface area contributed by atoms with Crippen molar-refractivity contribution in [2.24, 2.45) is 0 Å². The molecule has 0 amide bonds. The molecule has 0 aromatic carbocycles. The Morgan fingerprint density at radius 2 is 1.00 bits per heavy atom. The van der Waals surface area contributed by atoms with Gasteiger partial charge < -0.3 is 13.3 Å². The molecule has 0 bridgehead atoms. The third-order valence-electron chi connectivity index (χ3n) is 3.30. The van der Waals surface area contributed by atoms with E-state index in [1.807, 2.05) is 0 Å². The van der Waals surface area contributed by atoms with E-state index in [0.29, 0.717) is 19.8 Å². The number of hydrogen-bond acceptors (Lipinski definition) is 3. The first-order valence-electron chi connectivity index (χ1n) is 8.64. The Balaban J connectivity index is 4.27. The van der Waals surface area contributed by atoms with Gasteiger partial charge in [-0.05, 0) is 24.8 Å². The van der Waals surface area contributed by atoms with Crippen molar-refractivity contribution in [1.29, 1.82) is 0 Å². The molecule has 4 heteroatoms. The van der Waals surface area contributed by atoms with E-state index in [9.17, 15) is 0 Å². The maximum atomic E-state index is 5.90. The van der Waals surface area contributed by atoms with Crippen LogP contribution in [0.3, 0.4) is 0 Å². The van der Waals surface area contributed by atoms with Gasteiger partial charge in [-0.25, -0.2) is 0 Å². The Kier molecular flexibility index (Phi) is 14.3. The molecule has 0 unspecified atom stereocenters. The van der Waals surface area contributed by atoms with Crippen LogP contribution in [0.15, 0.2) is 0 Å². The van der Waals surface area contributed by atoms with E-state index in [-0.39, 0.29) is 0 Å². The van der Waals surface area contributed by atoms with Crippen molar-refractivity contribution < 1.29 is 13.3 Å². The summed E-state index contributed by atoms with van der Waals surface area (Å²) >= 11 is 0. The van der Waals surface area contributed by atoms with Crippen LogP contribution in [0.5, 0.6) is 0 Å². The molecule has 0 aromatic rings. The van der Waals surface area contributed by atoms with Crippen molar-refractivity contribution in [2.75, 3.05) is 19.8 Å². The Morgan fingerprint density at radius 1 is 0.667 bits per heavy atom. The quantitative estimate of drug-likeness (QED) is 0.249. The zero-order valence-corrected chi connectivity index (χ0v) is 15.3. The van der Waals surface area contributed by atoms with Crippen molar-refractivity contribution in [1.82, 2.24) is 0 Å². The van der Waals surface area contributed by atoms with Gasteiger partial charge in [0.2, 0.25) is 0 Å². The minimum Gasteiger partial charge on any atom is -0.364 e. The summed E-state index contributed by atoms with van der Waals surface area (Å²) in [5.74, 6) is 0. The lowest BCUT2D eigenvalue weighted by Crippen LogP contribution is -2.45. The van der Waals surface area contributed by atoms with Crippen LogP contribution in [0.25, 0.3) is 0 Å². The lowest BCUT2D eigenvalue weighted by atomic mass is 10.3.